The van der Waals surface area contributed by atoms with Gasteiger partial charge < -0.3 is 10.2 Å². The first-order chi connectivity index (χ1) is 6.93. The highest BCUT2D eigenvalue weighted by Gasteiger charge is 2.52. The molecule has 84 valence electrons. The Morgan fingerprint density at radius 2 is 2.33 bits per heavy atom. The van der Waals surface area contributed by atoms with Gasteiger partial charge in [0.05, 0.1) is 12.5 Å². The van der Waals surface area contributed by atoms with Gasteiger partial charge in [0.15, 0.2) is 0 Å². The maximum atomic E-state index is 10.5. The zero-order chi connectivity index (χ0) is 11.2. The second kappa shape index (κ2) is 3.34. The Hall–Kier alpha value is -0.830. The molecule has 0 spiro atoms. The predicted molar refractivity (Wildman–Crippen MR) is 56.3 cm³/mol. The molecule has 0 amide bonds. The minimum Gasteiger partial charge on any atom is -0.481 e. The summed E-state index contributed by atoms with van der Waals surface area (Å²) in [5.74, 6) is 0.191. The number of hydrogen-bond acceptors (Lipinski definition) is 2. The summed E-state index contributed by atoms with van der Waals surface area (Å²) < 4.78 is 0. The van der Waals surface area contributed by atoms with Crippen LogP contribution in [0.1, 0.15) is 33.1 Å². The molecule has 2 N–H and O–H groups in total. The van der Waals surface area contributed by atoms with Crippen LogP contribution in [0, 0.1) is 17.3 Å². The average molecular weight is 210 g/mol. The number of carbonyl (C=O) groups is 1. The van der Waals surface area contributed by atoms with Crippen LogP contribution in [0.4, 0.5) is 0 Å². The van der Waals surface area contributed by atoms with Gasteiger partial charge in [-0.25, -0.2) is 0 Å². The molecule has 3 unspecified atom stereocenters. The van der Waals surface area contributed by atoms with Gasteiger partial charge in [-0.3, -0.25) is 4.79 Å². The van der Waals surface area contributed by atoms with Crippen LogP contribution in [-0.4, -0.2) is 22.3 Å². The fourth-order valence-electron chi connectivity index (χ4n) is 3.05. The van der Waals surface area contributed by atoms with Gasteiger partial charge in [-0.15, -0.1) is 0 Å². The first kappa shape index (κ1) is 10.7. The normalized spacial score (nSPS) is 33.9. The molecular formula is C12H18O3. The van der Waals surface area contributed by atoms with Crippen molar-refractivity contribution in [1.29, 1.82) is 0 Å². The highest BCUT2D eigenvalue weighted by atomic mass is 16.4. The maximum Gasteiger partial charge on any atom is 0.306 e. The number of allylic oxidation sites excluding steroid dienone is 1. The highest BCUT2D eigenvalue weighted by Crippen LogP contribution is 2.59. The molecule has 1 saturated carbocycles. The second-order valence-electron chi connectivity index (χ2n) is 5.36. The molecular weight excluding hydrogens is 192 g/mol. The molecule has 3 aliphatic rings. The zero-order valence-electron chi connectivity index (χ0n) is 9.23. The lowest BCUT2D eigenvalue weighted by Gasteiger charge is -2.57. The van der Waals surface area contributed by atoms with Crippen LogP contribution in [0.15, 0.2) is 11.6 Å². The van der Waals surface area contributed by atoms with E-state index < -0.39 is 12.1 Å². The smallest absolute Gasteiger partial charge is 0.306 e. The summed E-state index contributed by atoms with van der Waals surface area (Å²) in [6.45, 7) is 4.43. The summed E-state index contributed by atoms with van der Waals surface area (Å²) in [7, 11) is 0. The van der Waals surface area contributed by atoms with Gasteiger partial charge in [0.25, 0.3) is 0 Å². The van der Waals surface area contributed by atoms with Crippen molar-refractivity contribution in [3.63, 3.8) is 0 Å². The quantitative estimate of drug-likeness (QED) is 0.698. The summed E-state index contributed by atoms with van der Waals surface area (Å²) in [6, 6.07) is 0. The Balaban J connectivity index is 2.11. The van der Waals surface area contributed by atoms with E-state index in [4.69, 9.17) is 5.11 Å². The number of aliphatic hydroxyl groups is 1. The zero-order valence-corrected chi connectivity index (χ0v) is 9.23. The average Bonchev–Trinajstić information content (AvgIpc) is 2.16. The lowest BCUT2D eigenvalue weighted by molar-refractivity contribution is -0.139. The summed E-state index contributed by atoms with van der Waals surface area (Å²) in [4.78, 5) is 10.5. The van der Waals surface area contributed by atoms with Gasteiger partial charge in [-0.1, -0.05) is 19.9 Å². The highest BCUT2D eigenvalue weighted by molar-refractivity contribution is 5.68. The van der Waals surface area contributed by atoms with Gasteiger partial charge in [0.1, 0.15) is 0 Å². The van der Waals surface area contributed by atoms with Crippen molar-refractivity contribution in [1.82, 2.24) is 0 Å². The molecule has 0 aromatic carbocycles. The first-order valence-electron chi connectivity index (χ1n) is 5.52. The van der Waals surface area contributed by atoms with E-state index in [1.807, 2.05) is 0 Å². The van der Waals surface area contributed by atoms with Crippen LogP contribution in [0.5, 0.6) is 0 Å². The molecule has 3 aliphatic carbocycles. The molecule has 2 bridgehead atoms. The standard InChI is InChI=1S/C12H18O3/c1-12(2)7-3-4-8(9(12)5-7)10(13)6-11(14)15/h4,7,9-10,13H,3,5-6H2,1-2H3,(H,14,15). The number of carboxylic acid groups (broad SMARTS) is 1. The van der Waals surface area contributed by atoms with Crippen molar-refractivity contribution in [2.45, 2.75) is 39.2 Å². The molecule has 0 aromatic heterocycles. The first-order valence-corrected chi connectivity index (χ1v) is 5.52. The SMILES string of the molecule is CC1(C)C2CC=C(C(O)CC(=O)O)C1C2. The third-order valence-corrected chi connectivity index (χ3v) is 4.26. The van der Waals surface area contributed by atoms with Gasteiger partial charge >= 0.3 is 5.97 Å². The largest absolute Gasteiger partial charge is 0.481 e. The lowest BCUT2D eigenvalue weighted by Crippen LogP contribution is -2.50. The number of rotatable bonds is 3. The van der Waals surface area contributed by atoms with Crippen molar-refractivity contribution in [2.24, 2.45) is 17.3 Å². The Kier molecular flexibility index (Phi) is 2.38. The third kappa shape index (κ3) is 1.59. The van der Waals surface area contributed by atoms with Gasteiger partial charge in [0.2, 0.25) is 0 Å². The van der Waals surface area contributed by atoms with Crippen LogP contribution in [0.3, 0.4) is 0 Å². The predicted octanol–water partition coefficient (Wildman–Crippen LogP) is 1.81. The summed E-state index contributed by atoms with van der Waals surface area (Å²) in [5.41, 5.74) is 1.22. The summed E-state index contributed by atoms with van der Waals surface area (Å²) in [6.07, 6.45) is 3.22. The van der Waals surface area contributed by atoms with Gasteiger partial charge in [0, 0.05) is 0 Å². The number of aliphatic hydroxyl groups excluding tert-OH is 1. The molecule has 3 atom stereocenters. The summed E-state index contributed by atoms with van der Waals surface area (Å²) in [5, 5.41) is 18.5. The number of aliphatic carboxylic acids is 1. The Bertz CT molecular complexity index is 317. The second-order valence-corrected chi connectivity index (χ2v) is 5.36. The van der Waals surface area contributed by atoms with E-state index in [0.717, 1.165) is 24.3 Å². The molecule has 3 heteroatoms. The van der Waals surface area contributed by atoms with E-state index in [0.29, 0.717) is 5.92 Å². The Labute approximate surface area is 89.8 Å². The van der Waals surface area contributed by atoms with E-state index in [-0.39, 0.29) is 11.8 Å². The molecule has 0 aromatic rings. The monoisotopic (exact) mass is 210 g/mol. The van der Waals surface area contributed by atoms with Gasteiger partial charge in [-0.2, -0.15) is 0 Å². The van der Waals surface area contributed by atoms with Crippen molar-refractivity contribution in [2.75, 3.05) is 0 Å². The molecule has 3 nitrogen and oxygen atoms in total. The van der Waals surface area contributed by atoms with Crippen molar-refractivity contribution < 1.29 is 15.0 Å². The van der Waals surface area contributed by atoms with Crippen LogP contribution in [0.2, 0.25) is 0 Å². The third-order valence-electron chi connectivity index (χ3n) is 4.26. The van der Waals surface area contributed by atoms with Crippen molar-refractivity contribution in [3.8, 4) is 0 Å². The molecule has 0 heterocycles. The van der Waals surface area contributed by atoms with E-state index in [1.54, 1.807) is 0 Å². The van der Waals surface area contributed by atoms with Crippen LogP contribution in [0.25, 0.3) is 0 Å². The van der Waals surface area contributed by atoms with E-state index >= 15 is 0 Å². The number of carboxylic acids is 1. The van der Waals surface area contributed by atoms with Gasteiger partial charge in [-0.05, 0) is 35.7 Å². The molecule has 3 rings (SSSR count). The van der Waals surface area contributed by atoms with E-state index in [2.05, 4.69) is 19.9 Å². The molecule has 0 radical (unpaired) electrons. The topological polar surface area (TPSA) is 57.5 Å². The van der Waals surface area contributed by atoms with Crippen LogP contribution in [-0.2, 0) is 4.79 Å². The van der Waals surface area contributed by atoms with E-state index in [9.17, 15) is 9.90 Å². The van der Waals surface area contributed by atoms with E-state index in [1.165, 1.54) is 0 Å². The minimum absolute atomic E-state index is 0.164. The summed E-state index contributed by atoms with van der Waals surface area (Å²) >= 11 is 0. The van der Waals surface area contributed by atoms with Crippen LogP contribution < -0.4 is 0 Å². The Morgan fingerprint density at radius 3 is 2.80 bits per heavy atom. The maximum absolute atomic E-state index is 10.5. The Morgan fingerprint density at radius 1 is 1.67 bits per heavy atom. The van der Waals surface area contributed by atoms with Crippen molar-refractivity contribution in [3.05, 3.63) is 11.6 Å². The fraction of sp³-hybridized carbons (Fsp3) is 0.750. The number of hydrogen-bond donors (Lipinski definition) is 2. The number of fused-ring (bicyclic) bond motifs is 1. The molecule has 1 fully saturated rings. The van der Waals surface area contributed by atoms with Crippen molar-refractivity contribution >= 4 is 5.97 Å². The lowest BCUT2D eigenvalue weighted by atomic mass is 9.48. The fourth-order valence-corrected chi connectivity index (χ4v) is 3.05. The molecule has 0 saturated heterocycles. The molecule has 0 aliphatic heterocycles. The van der Waals surface area contributed by atoms with Crippen LogP contribution >= 0.6 is 0 Å². The minimum atomic E-state index is -0.928. The molecule has 15 heavy (non-hydrogen) atoms.